The van der Waals surface area contributed by atoms with Crippen molar-refractivity contribution in [1.29, 1.82) is 0 Å². The molecule has 0 radical (unpaired) electrons. The lowest BCUT2D eigenvalue weighted by atomic mass is 10.0. The zero-order valence-electron chi connectivity index (χ0n) is 8.75. The number of aryl methyl sites for hydroxylation is 2. The van der Waals surface area contributed by atoms with Gasteiger partial charge < -0.3 is 5.73 Å². The van der Waals surface area contributed by atoms with Crippen LogP contribution in [0.4, 0.5) is 5.13 Å². The van der Waals surface area contributed by atoms with Gasteiger partial charge in [-0.15, -0.1) is 11.3 Å². The highest BCUT2D eigenvalue weighted by atomic mass is 32.1. The molecule has 0 unspecified atom stereocenters. The first-order valence-electron chi connectivity index (χ1n) is 5.47. The predicted molar refractivity (Wildman–Crippen MR) is 61.5 cm³/mol. The number of hydrogen-bond donors (Lipinski definition) is 1. The number of nitrogens with zero attached hydrogens (tertiary/aromatic N) is 1. The lowest BCUT2D eigenvalue weighted by Gasteiger charge is -2.06. The van der Waals surface area contributed by atoms with Gasteiger partial charge in [0.2, 0.25) is 0 Å². The molecule has 0 saturated heterocycles. The van der Waals surface area contributed by atoms with E-state index in [1.54, 1.807) is 11.3 Å². The van der Waals surface area contributed by atoms with Crippen LogP contribution in [0.3, 0.4) is 0 Å². The van der Waals surface area contributed by atoms with Gasteiger partial charge in [-0.2, -0.15) is 0 Å². The third-order valence-electron chi connectivity index (χ3n) is 3.16. The van der Waals surface area contributed by atoms with Crippen molar-refractivity contribution in [3.05, 3.63) is 10.6 Å². The molecule has 1 aliphatic carbocycles. The van der Waals surface area contributed by atoms with Crippen LogP contribution in [0.1, 0.15) is 42.7 Å². The minimum Gasteiger partial charge on any atom is -0.375 e. The molecule has 1 heterocycles. The summed E-state index contributed by atoms with van der Waals surface area (Å²) in [5.74, 6) is 0.970. The predicted octanol–water partition coefficient (Wildman–Crippen LogP) is 3.16. The monoisotopic (exact) mass is 210 g/mol. The Labute approximate surface area is 89.5 Å². The first kappa shape index (κ1) is 9.97. The van der Waals surface area contributed by atoms with E-state index in [1.165, 1.54) is 43.4 Å². The molecule has 0 aromatic carbocycles. The molecule has 2 rings (SSSR count). The van der Waals surface area contributed by atoms with Gasteiger partial charge in [-0.1, -0.05) is 25.7 Å². The van der Waals surface area contributed by atoms with Gasteiger partial charge in [0.05, 0.1) is 5.69 Å². The third-order valence-corrected chi connectivity index (χ3v) is 4.21. The summed E-state index contributed by atoms with van der Waals surface area (Å²) >= 11 is 1.66. The summed E-state index contributed by atoms with van der Waals surface area (Å²) < 4.78 is 0. The van der Waals surface area contributed by atoms with Crippen molar-refractivity contribution in [2.24, 2.45) is 5.92 Å². The first-order chi connectivity index (χ1) is 6.75. The van der Waals surface area contributed by atoms with Crippen molar-refractivity contribution < 1.29 is 0 Å². The van der Waals surface area contributed by atoms with Crippen LogP contribution in [-0.4, -0.2) is 4.98 Å². The molecule has 0 atom stereocenters. The molecule has 1 fully saturated rings. The lowest BCUT2D eigenvalue weighted by Crippen LogP contribution is -1.95. The van der Waals surface area contributed by atoms with Crippen molar-refractivity contribution in [3.63, 3.8) is 0 Å². The van der Waals surface area contributed by atoms with E-state index in [1.807, 2.05) is 0 Å². The minimum absolute atomic E-state index is 0.726. The average molecular weight is 210 g/mol. The molecular weight excluding hydrogens is 192 g/mol. The summed E-state index contributed by atoms with van der Waals surface area (Å²) in [6, 6.07) is 0. The van der Waals surface area contributed by atoms with Gasteiger partial charge in [-0.05, 0) is 25.7 Å². The Morgan fingerprint density at radius 1 is 1.43 bits per heavy atom. The smallest absolute Gasteiger partial charge is 0.180 e. The van der Waals surface area contributed by atoms with Crippen LogP contribution >= 0.6 is 11.3 Å². The summed E-state index contributed by atoms with van der Waals surface area (Å²) in [4.78, 5) is 5.65. The molecule has 78 valence electrons. The van der Waals surface area contributed by atoms with Crippen molar-refractivity contribution in [3.8, 4) is 0 Å². The summed E-state index contributed by atoms with van der Waals surface area (Å²) in [6.07, 6.45) is 8.28. The van der Waals surface area contributed by atoms with Crippen molar-refractivity contribution in [2.75, 3.05) is 5.73 Å². The lowest BCUT2D eigenvalue weighted by molar-refractivity contribution is 0.505. The fraction of sp³-hybridized carbons (Fsp3) is 0.727. The number of anilines is 1. The number of aromatic nitrogens is 1. The second kappa shape index (κ2) is 4.30. The Hall–Kier alpha value is -0.570. The van der Waals surface area contributed by atoms with Gasteiger partial charge in [0.25, 0.3) is 0 Å². The maximum atomic E-state index is 5.67. The van der Waals surface area contributed by atoms with E-state index in [9.17, 15) is 0 Å². The van der Waals surface area contributed by atoms with E-state index in [-0.39, 0.29) is 0 Å². The third kappa shape index (κ3) is 2.27. The second-order valence-electron chi connectivity index (χ2n) is 4.25. The topological polar surface area (TPSA) is 38.9 Å². The first-order valence-corrected chi connectivity index (χ1v) is 6.29. The van der Waals surface area contributed by atoms with Crippen molar-refractivity contribution in [2.45, 2.75) is 45.4 Å². The van der Waals surface area contributed by atoms with Crippen LogP contribution in [-0.2, 0) is 6.42 Å². The largest absolute Gasteiger partial charge is 0.375 e. The molecule has 2 N–H and O–H groups in total. The highest BCUT2D eigenvalue weighted by Gasteiger charge is 2.15. The van der Waals surface area contributed by atoms with E-state index in [0.717, 1.165) is 16.7 Å². The fourth-order valence-electron chi connectivity index (χ4n) is 2.32. The van der Waals surface area contributed by atoms with Gasteiger partial charge in [-0.3, -0.25) is 0 Å². The fourth-order valence-corrected chi connectivity index (χ4v) is 3.17. The van der Waals surface area contributed by atoms with E-state index >= 15 is 0 Å². The van der Waals surface area contributed by atoms with Crippen LogP contribution in [0.2, 0.25) is 0 Å². The number of rotatable bonds is 3. The number of nitrogens with two attached hydrogens (primary N) is 1. The quantitative estimate of drug-likeness (QED) is 0.832. The molecule has 1 saturated carbocycles. The molecule has 0 amide bonds. The highest BCUT2D eigenvalue weighted by Crippen LogP contribution is 2.30. The van der Waals surface area contributed by atoms with Gasteiger partial charge in [0, 0.05) is 4.88 Å². The van der Waals surface area contributed by atoms with Gasteiger partial charge >= 0.3 is 0 Å². The molecule has 3 heteroatoms. The summed E-state index contributed by atoms with van der Waals surface area (Å²) in [5, 5.41) is 0.726. The molecule has 0 bridgehead atoms. The molecular formula is C11H18N2S. The Morgan fingerprint density at radius 3 is 2.71 bits per heavy atom. The van der Waals surface area contributed by atoms with Crippen LogP contribution < -0.4 is 5.73 Å². The van der Waals surface area contributed by atoms with Crippen LogP contribution in [0.5, 0.6) is 0 Å². The molecule has 2 nitrogen and oxygen atoms in total. The van der Waals surface area contributed by atoms with E-state index in [4.69, 9.17) is 5.73 Å². The van der Waals surface area contributed by atoms with E-state index in [2.05, 4.69) is 11.9 Å². The summed E-state index contributed by atoms with van der Waals surface area (Å²) in [5.41, 5.74) is 6.81. The van der Waals surface area contributed by atoms with Crippen LogP contribution in [0.15, 0.2) is 0 Å². The molecule has 1 aromatic rings. The molecule has 14 heavy (non-hydrogen) atoms. The number of nitrogen functional groups attached to an aromatic ring is 1. The van der Waals surface area contributed by atoms with Gasteiger partial charge in [0.15, 0.2) is 5.13 Å². The maximum absolute atomic E-state index is 5.67. The number of thiazole rings is 1. The molecule has 0 spiro atoms. The van der Waals surface area contributed by atoms with Crippen molar-refractivity contribution in [1.82, 2.24) is 4.98 Å². The van der Waals surface area contributed by atoms with Gasteiger partial charge in [-0.25, -0.2) is 4.98 Å². The average Bonchev–Trinajstić information content (AvgIpc) is 2.72. The second-order valence-corrected chi connectivity index (χ2v) is 5.37. The zero-order valence-corrected chi connectivity index (χ0v) is 9.57. The van der Waals surface area contributed by atoms with E-state index < -0.39 is 0 Å². The number of hydrogen-bond acceptors (Lipinski definition) is 3. The molecule has 1 aliphatic rings. The zero-order chi connectivity index (χ0) is 9.97. The summed E-state index contributed by atoms with van der Waals surface area (Å²) in [6.45, 7) is 2.07. The maximum Gasteiger partial charge on any atom is 0.180 e. The van der Waals surface area contributed by atoms with Crippen molar-refractivity contribution >= 4 is 16.5 Å². The Balaban J connectivity index is 1.87. The SMILES string of the molecule is Cc1nc(N)sc1CCC1CCCC1. The van der Waals surface area contributed by atoms with Crippen LogP contribution in [0, 0.1) is 12.8 Å². The minimum atomic E-state index is 0.726. The molecule has 1 aromatic heterocycles. The Bertz CT molecular complexity index is 300. The highest BCUT2D eigenvalue weighted by molar-refractivity contribution is 7.15. The molecule has 0 aliphatic heterocycles. The Kier molecular flexibility index (Phi) is 3.06. The standard InChI is InChI=1S/C11H18N2S/c1-8-10(14-11(12)13-8)7-6-9-4-2-3-5-9/h9H,2-7H2,1H3,(H2,12,13). The Morgan fingerprint density at radius 2 is 2.14 bits per heavy atom. The van der Waals surface area contributed by atoms with Gasteiger partial charge in [0.1, 0.15) is 0 Å². The van der Waals surface area contributed by atoms with E-state index in [0.29, 0.717) is 0 Å². The normalized spacial score (nSPS) is 17.8. The van der Waals surface area contributed by atoms with Crippen LogP contribution in [0.25, 0.3) is 0 Å². The summed E-state index contributed by atoms with van der Waals surface area (Å²) in [7, 11) is 0.